The van der Waals surface area contributed by atoms with Gasteiger partial charge in [-0.25, -0.2) is 0 Å². The summed E-state index contributed by atoms with van der Waals surface area (Å²) in [6.45, 7) is 4.79. The largest absolute Gasteiger partial charge is 0.377 e. The summed E-state index contributed by atoms with van der Waals surface area (Å²) >= 11 is 1.36. The van der Waals surface area contributed by atoms with Crippen molar-refractivity contribution < 1.29 is 4.74 Å². The Kier molecular flexibility index (Phi) is 4.82. The van der Waals surface area contributed by atoms with Crippen molar-refractivity contribution in [2.45, 2.75) is 39.4 Å². The van der Waals surface area contributed by atoms with Crippen LogP contribution in [0.5, 0.6) is 0 Å². The van der Waals surface area contributed by atoms with E-state index in [0.717, 1.165) is 23.5 Å². The van der Waals surface area contributed by atoms with Gasteiger partial charge in [0.2, 0.25) is 0 Å². The van der Waals surface area contributed by atoms with E-state index in [-0.39, 0.29) is 0 Å². The van der Waals surface area contributed by atoms with Crippen LogP contribution in [0.3, 0.4) is 0 Å². The number of ether oxygens (including phenoxy) is 1. The molecule has 0 amide bonds. The number of hydrogen-bond donors (Lipinski definition) is 1. The number of hydrogen-bond acceptors (Lipinski definition) is 5. The molecule has 0 saturated heterocycles. The van der Waals surface area contributed by atoms with E-state index in [1.165, 1.54) is 11.5 Å². The highest BCUT2D eigenvalue weighted by molar-refractivity contribution is 7.10. The van der Waals surface area contributed by atoms with Crippen LogP contribution in [-0.2, 0) is 11.3 Å². The molecule has 4 nitrogen and oxygen atoms in total. The van der Waals surface area contributed by atoms with E-state index in [4.69, 9.17) is 4.74 Å². The van der Waals surface area contributed by atoms with E-state index in [1.54, 1.807) is 0 Å². The second-order valence-corrected chi connectivity index (χ2v) is 3.96. The van der Waals surface area contributed by atoms with Gasteiger partial charge in [-0.2, -0.15) is 0 Å². The first-order valence-electron chi connectivity index (χ1n) is 4.88. The topological polar surface area (TPSA) is 47.0 Å². The molecule has 1 unspecified atom stereocenters. The Morgan fingerprint density at radius 2 is 2.36 bits per heavy atom. The zero-order valence-electron chi connectivity index (χ0n) is 8.91. The molecule has 1 rings (SSSR count). The summed E-state index contributed by atoms with van der Waals surface area (Å²) in [4.78, 5) is 0. The normalized spacial score (nSPS) is 12.8. The Balaban J connectivity index is 2.37. The molecule has 1 atom stereocenters. The molecule has 0 aliphatic heterocycles. The Hall–Kier alpha value is -0.680. The fourth-order valence-corrected chi connectivity index (χ4v) is 1.72. The van der Waals surface area contributed by atoms with Gasteiger partial charge in [0.1, 0.15) is 10.7 Å². The van der Waals surface area contributed by atoms with Crippen molar-refractivity contribution in [1.29, 1.82) is 0 Å². The number of anilines is 1. The van der Waals surface area contributed by atoms with Crippen LogP contribution in [0, 0.1) is 0 Å². The molecule has 1 aromatic rings. The molecule has 14 heavy (non-hydrogen) atoms. The zero-order valence-corrected chi connectivity index (χ0v) is 9.73. The molecular weight excluding hydrogens is 198 g/mol. The highest BCUT2D eigenvalue weighted by Crippen LogP contribution is 2.18. The van der Waals surface area contributed by atoms with Crippen molar-refractivity contribution >= 4 is 16.5 Å². The van der Waals surface area contributed by atoms with Gasteiger partial charge in [-0.3, -0.25) is 0 Å². The molecule has 0 aliphatic carbocycles. The Labute approximate surface area is 88.8 Å². The summed E-state index contributed by atoms with van der Waals surface area (Å²) in [5, 5.41) is 8.04. The van der Waals surface area contributed by atoms with Gasteiger partial charge in [0.25, 0.3) is 0 Å². The van der Waals surface area contributed by atoms with Gasteiger partial charge in [-0.05, 0) is 13.3 Å². The van der Waals surface area contributed by atoms with Crippen LogP contribution in [0.25, 0.3) is 0 Å². The maximum absolute atomic E-state index is 5.63. The maximum atomic E-state index is 5.63. The van der Waals surface area contributed by atoms with Crippen LogP contribution in [0.2, 0.25) is 0 Å². The molecule has 0 fully saturated rings. The van der Waals surface area contributed by atoms with Crippen molar-refractivity contribution in [3.05, 3.63) is 5.69 Å². The smallest absolute Gasteiger partial charge is 0.135 e. The Bertz CT molecular complexity index is 264. The van der Waals surface area contributed by atoms with E-state index >= 15 is 0 Å². The quantitative estimate of drug-likeness (QED) is 0.791. The van der Waals surface area contributed by atoms with Crippen LogP contribution < -0.4 is 5.32 Å². The van der Waals surface area contributed by atoms with Gasteiger partial charge in [-0.1, -0.05) is 17.8 Å². The van der Waals surface area contributed by atoms with Crippen LogP contribution in [0.15, 0.2) is 0 Å². The summed E-state index contributed by atoms with van der Waals surface area (Å²) in [5.74, 6) is 0. The first-order valence-corrected chi connectivity index (χ1v) is 5.65. The Morgan fingerprint density at radius 3 is 3.00 bits per heavy atom. The minimum atomic E-state index is 0.298. The molecule has 0 saturated carbocycles. The third-order valence-electron chi connectivity index (χ3n) is 1.98. The summed E-state index contributed by atoms with van der Waals surface area (Å²) < 4.78 is 9.50. The van der Waals surface area contributed by atoms with Crippen LogP contribution >= 0.6 is 11.5 Å². The van der Waals surface area contributed by atoms with Crippen molar-refractivity contribution in [2.24, 2.45) is 0 Å². The summed E-state index contributed by atoms with van der Waals surface area (Å²) in [7, 11) is 1.87. The van der Waals surface area contributed by atoms with Crippen molar-refractivity contribution in [3.8, 4) is 0 Å². The fraction of sp³-hybridized carbons (Fsp3) is 0.778. The molecule has 0 bridgehead atoms. The summed E-state index contributed by atoms with van der Waals surface area (Å²) in [6.07, 6.45) is 2.54. The average Bonchev–Trinajstić information content (AvgIpc) is 2.62. The standard InChI is InChI=1S/C9H17N3OS/c1-4-5-7(2)13-6-8-9(10-3)14-12-11-8/h7,10H,4-6H2,1-3H3. The minimum Gasteiger partial charge on any atom is -0.377 e. The molecule has 0 aliphatic rings. The molecular formula is C9H17N3OS. The monoisotopic (exact) mass is 215 g/mol. The first kappa shape index (κ1) is 11.4. The lowest BCUT2D eigenvalue weighted by Gasteiger charge is -2.10. The predicted molar refractivity (Wildman–Crippen MR) is 58.6 cm³/mol. The third kappa shape index (κ3) is 3.23. The van der Waals surface area contributed by atoms with Gasteiger partial charge in [-0.15, -0.1) is 5.10 Å². The lowest BCUT2D eigenvalue weighted by atomic mass is 10.2. The maximum Gasteiger partial charge on any atom is 0.135 e. The van der Waals surface area contributed by atoms with E-state index in [2.05, 4.69) is 28.8 Å². The molecule has 1 aromatic heterocycles. The SMILES string of the molecule is CCCC(C)OCc1nnsc1NC. The summed E-state index contributed by atoms with van der Waals surface area (Å²) in [6, 6.07) is 0. The van der Waals surface area contributed by atoms with Gasteiger partial charge in [0.15, 0.2) is 0 Å². The van der Waals surface area contributed by atoms with E-state index in [0.29, 0.717) is 12.7 Å². The van der Waals surface area contributed by atoms with Gasteiger partial charge in [0.05, 0.1) is 12.7 Å². The summed E-state index contributed by atoms with van der Waals surface area (Å²) in [5.41, 5.74) is 0.903. The van der Waals surface area contributed by atoms with E-state index in [9.17, 15) is 0 Å². The first-order chi connectivity index (χ1) is 6.77. The van der Waals surface area contributed by atoms with Crippen LogP contribution in [-0.4, -0.2) is 22.7 Å². The minimum absolute atomic E-state index is 0.298. The predicted octanol–water partition coefficient (Wildman–Crippen LogP) is 2.29. The lowest BCUT2D eigenvalue weighted by Crippen LogP contribution is -2.08. The fourth-order valence-electron chi connectivity index (χ4n) is 1.20. The zero-order chi connectivity index (χ0) is 10.4. The lowest BCUT2D eigenvalue weighted by molar-refractivity contribution is 0.0455. The molecule has 0 radical (unpaired) electrons. The van der Waals surface area contributed by atoms with Crippen molar-refractivity contribution in [1.82, 2.24) is 9.59 Å². The molecule has 1 N–H and O–H groups in total. The molecule has 5 heteroatoms. The average molecular weight is 215 g/mol. The van der Waals surface area contributed by atoms with Crippen molar-refractivity contribution in [2.75, 3.05) is 12.4 Å². The number of rotatable bonds is 6. The number of aromatic nitrogens is 2. The third-order valence-corrected chi connectivity index (χ3v) is 2.77. The number of nitrogens with zero attached hydrogens (tertiary/aromatic N) is 2. The molecule has 80 valence electrons. The second-order valence-electron chi connectivity index (χ2n) is 3.21. The number of nitrogens with one attached hydrogen (secondary N) is 1. The van der Waals surface area contributed by atoms with Crippen LogP contribution in [0.1, 0.15) is 32.4 Å². The highest BCUT2D eigenvalue weighted by Gasteiger charge is 2.08. The molecule has 0 spiro atoms. The second kappa shape index (κ2) is 5.93. The van der Waals surface area contributed by atoms with Gasteiger partial charge < -0.3 is 10.1 Å². The van der Waals surface area contributed by atoms with E-state index in [1.807, 2.05) is 7.05 Å². The Morgan fingerprint density at radius 1 is 1.57 bits per heavy atom. The molecule has 0 aromatic carbocycles. The van der Waals surface area contributed by atoms with Crippen molar-refractivity contribution in [3.63, 3.8) is 0 Å². The molecule has 1 heterocycles. The van der Waals surface area contributed by atoms with Gasteiger partial charge >= 0.3 is 0 Å². The van der Waals surface area contributed by atoms with Gasteiger partial charge in [0, 0.05) is 18.6 Å². The van der Waals surface area contributed by atoms with Crippen LogP contribution in [0.4, 0.5) is 5.00 Å². The highest BCUT2D eigenvalue weighted by atomic mass is 32.1. The van der Waals surface area contributed by atoms with E-state index < -0.39 is 0 Å².